The number of benzene rings is 3. The van der Waals surface area contributed by atoms with Crippen LogP contribution in [0, 0.1) is 0 Å². The molecule has 0 aliphatic heterocycles. The van der Waals surface area contributed by atoms with E-state index in [2.05, 4.69) is 44.6 Å². The van der Waals surface area contributed by atoms with Crippen LogP contribution in [0.2, 0.25) is 0 Å². The number of carbonyl (C=O) groups excluding carboxylic acids is 1. The fourth-order valence-electron chi connectivity index (χ4n) is 3.31. The predicted octanol–water partition coefficient (Wildman–Crippen LogP) is 4.36. The average Bonchev–Trinajstić information content (AvgIpc) is 3.21. The predicted molar refractivity (Wildman–Crippen MR) is 124 cm³/mol. The number of amides is 1. The van der Waals surface area contributed by atoms with Gasteiger partial charge in [-0.2, -0.15) is 4.37 Å². The minimum absolute atomic E-state index is 0.0398. The number of aromatic nitrogens is 1. The van der Waals surface area contributed by atoms with E-state index in [0.717, 1.165) is 27.0 Å². The van der Waals surface area contributed by atoms with Crippen LogP contribution in [0.4, 0.5) is 5.82 Å². The summed E-state index contributed by atoms with van der Waals surface area (Å²) in [4.78, 5) is 12.9. The van der Waals surface area contributed by atoms with Gasteiger partial charge in [0.1, 0.15) is 11.9 Å². The summed E-state index contributed by atoms with van der Waals surface area (Å²) >= 11 is 1.48. The zero-order valence-electron chi connectivity index (χ0n) is 16.5. The number of rotatable bonds is 9. The molecule has 1 aromatic heterocycles. The largest absolute Gasteiger partial charge is 0.367 e. The Morgan fingerprint density at radius 3 is 2.37 bits per heavy atom. The van der Waals surface area contributed by atoms with Gasteiger partial charge in [0.05, 0.1) is 4.70 Å². The number of anilines is 1. The van der Waals surface area contributed by atoms with E-state index >= 15 is 0 Å². The van der Waals surface area contributed by atoms with E-state index in [1.165, 1.54) is 11.5 Å². The number of hydrogen-bond acceptors (Lipinski definition) is 5. The van der Waals surface area contributed by atoms with E-state index in [0.29, 0.717) is 19.6 Å². The second-order valence-corrected chi connectivity index (χ2v) is 7.76. The summed E-state index contributed by atoms with van der Waals surface area (Å²) < 4.78 is 5.61. The molecule has 6 heteroatoms. The molecule has 0 bridgehead atoms. The summed E-state index contributed by atoms with van der Waals surface area (Å²) in [6.07, 6.45) is 0. The van der Waals surface area contributed by atoms with E-state index in [1.807, 2.05) is 60.7 Å². The van der Waals surface area contributed by atoms with Crippen LogP contribution >= 0.6 is 11.5 Å². The Hall–Kier alpha value is -3.22. The third-order valence-corrected chi connectivity index (χ3v) is 5.67. The Kier molecular flexibility index (Phi) is 6.69. The summed E-state index contributed by atoms with van der Waals surface area (Å²) in [5, 5.41) is 10.9. The summed E-state index contributed by atoms with van der Waals surface area (Å²) in [6.45, 7) is 1.75. The van der Waals surface area contributed by atoms with Crippen molar-refractivity contribution in [2.24, 2.45) is 0 Å². The number of carbonyl (C=O) groups is 1. The first kappa shape index (κ1) is 20.1. The maximum absolute atomic E-state index is 12.9. The molecule has 4 rings (SSSR count). The monoisotopic (exact) mass is 416 g/mol. The van der Waals surface area contributed by atoms with Crippen molar-refractivity contribution in [2.45, 2.75) is 12.6 Å². The first-order chi connectivity index (χ1) is 14.8. The number of hydrogen-bond donors (Lipinski definition) is 3. The lowest BCUT2D eigenvalue weighted by molar-refractivity contribution is -0.123. The van der Waals surface area contributed by atoms with E-state index < -0.39 is 6.04 Å². The molecular weight excluding hydrogens is 392 g/mol. The fourth-order valence-corrected chi connectivity index (χ4v) is 4.06. The van der Waals surface area contributed by atoms with Gasteiger partial charge < -0.3 is 10.6 Å². The molecule has 0 saturated heterocycles. The van der Waals surface area contributed by atoms with E-state index in [9.17, 15) is 4.79 Å². The molecule has 1 amide bonds. The molecule has 0 aliphatic carbocycles. The average molecular weight is 417 g/mol. The Balaban J connectivity index is 1.34. The van der Waals surface area contributed by atoms with Crippen molar-refractivity contribution in [2.75, 3.05) is 18.4 Å². The summed E-state index contributed by atoms with van der Waals surface area (Å²) in [7, 11) is 0. The highest BCUT2D eigenvalue weighted by Crippen LogP contribution is 2.25. The minimum Gasteiger partial charge on any atom is -0.367 e. The maximum atomic E-state index is 12.9. The van der Waals surface area contributed by atoms with Crippen LogP contribution in [0.5, 0.6) is 0 Å². The molecule has 1 atom stereocenters. The van der Waals surface area contributed by atoms with Crippen molar-refractivity contribution in [3.05, 3.63) is 96.1 Å². The van der Waals surface area contributed by atoms with Crippen molar-refractivity contribution in [1.82, 2.24) is 15.0 Å². The van der Waals surface area contributed by atoms with Crippen LogP contribution in [-0.4, -0.2) is 23.4 Å². The molecule has 0 aliphatic rings. The van der Waals surface area contributed by atoms with Gasteiger partial charge in [0, 0.05) is 25.0 Å². The van der Waals surface area contributed by atoms with Gasteiger partial charge in [-0.15, -0.1) is 0 Å². The Labute approximate surface area is 180 Å². The topological polar surface area (TPSA) is 66.0 Å². The van der Waals surface area contributed by atoms with Crippen LogP contribution in [0.3, 0.4) is 0 Å². The zero-order chi connectivity index (χ0) is 20.6. The maximum Gasteiger partial charge on any atom is 0.241 e. The molecular formula is C24H24N4OS. The summed E-state index contributed by atoms with van der Waals surface area (Å²) in [5.74, 6) is 0.828. The number of nitrogens with one attached hydrogen (secondary N) is 3. The van der Waals surface area contributed by atoms with Crippen LogP contribution < -0.4 is 16.0 Å². The molecule has 4 aromatic rings. The molecule has 0 radical (unpaired) electrons. The third kappa shape index (κ3) is 5.03. The van der Waals surface area contributed by atoms with Crippen molar-refractivity contribution >= 4 is 33.3 Å². The molecule has 0 saturated carbocycles. The van der Waals surface area contributed by atoms with E-state index in [1.54, 1.807) is 0 Å². The van der Waals surface area contributed by atoms with Gasteiger partial charge in [0.25, 0.3) is 0 Å². The lowest BCUT2D eigenvalue weighted by atomic mass is 10.1. The van der Waals surface area contributed by atoms with E-state index in [-0.39, 0.29) is 5.91 Å². The zero-order valence-corrected chi connectivity index (χ0v) is 17.4. The van der Waals surface area contributed by atoms with Crippen molar-refractivity contribution < 1.29 is 4.79 Å². The summed E-state index contributed by atoms with van der Waals surface area (Å²) in [5.41, 5.74) is 2.09. The van der Waals surface area contributed by atoms with Crippen molar-refractivity contribution in [3.63, 3.8) is 0 Å². The van der Waals surface area contributed by atoms with E-state index in [4.69, 9.17) is 0 Å². The van der Waals surface area contributed by atoms with Crippen LogP contribution in [0.25, 0.3) is 10.1 Å². The first-order valence-corrected chi connectivity index (χ1v) is 10.8. The van der Waals surface area contributed by atoms with Crippen LogP contribution in [0.15, 0.2) is 84.9 Å². The Bertz CT molecular complexity index is 1080. The van der Waals surface area contributed by atoms with Crippen LogP contribution in [-0.2, 0) is 11.3 Å². The molecule has 5 nitrogen and oxygen atoms in total. The van der Waals surface area contributed by atoms with Gasteiger partial charge in [-0.05, 0) is 34.8 Å². The molecule has 3 aromatic carbocycles. The number of fused-ring (bicyclic) bond motifs is 1. The number of nitrogens with zero attached hydrogens (tertiary/aromatic N) is 1. The fraction of sp³-hybridized carbons (Fsp3) is 0.167. The van der Waals surface area contributed by atoms with Crippen molar-refractivity contribution in [3.8, 4) is 0 Å². The molecule has 3 N–H and O–H groups in total. The molecule has 152 valence electrons. The SMILES string of the molecule is O=C(NCCNc1nsc2ccccc12)[C@@H](NCc1ccccc1)c1ccccc1. The second kappa shape index (κ2) is 10.0. The van der Waals surface area contributed by atoms with Gasteiger partial charge in [-0.3, -0.25) is 10.1 Å². The van der Waals surface area contributed by atoms with Crippen LogP contribution in [0.1, 0.15) is 17.2 Å². The van der Waals surface area contributed by atoms with Gasteiger partial charge in [0.15, 0.2) is 0 Å². The van der Waals surface area contributed by atoms with Gasteiger partial charge in [-0.25, -0.2) is 0 Å². The lowest BCUT2D eigenvalue weighted by Gasteiger charge is -2.19. The smallest absolute Gasteiger partial charge is 0.241 e. The highest BCUT2D eigenvalue weighted by Gasteiger charge is 2.19. The summed E-state index contributed by atoms with van der Waals surface area (Å²) in [6, 6.07) is 27.6. The molecule has 1 heterocycles. The Morgan fingerprint density at radius 1 is 0.867 bits per heavy atom. The Morgan fingerprint density at radius 2 is 1.57 bits per heavy atom. The molecule has 0 spiro atoms. The van der Waals surface area contributed by atoms with Gasteiger partial charge >= 0.3 is 0 Å². The van der Waals surface area contributed by atoms with Gasteiger partial charge in [0.2, 0.25) is 5.91 Å². The normalized spacial score (nSPS) is 11.9. The molecule has 0 unspecified atom stereocenters. The highest BCUT2D eigenvalue weighted by atomic mass is 32.1. The second-order valence-electron chi connectivity index (χ2n) is 6.96. The first-order valence-electron chi connectivity index (χ1n) is 9.99. The minimum atomic E-state index is -0.411. The lowest BCUT2D eigenvalue weighted by Crippen LogP contribution is -2.39. The molecule has 0 fully saturated rings. The third-order valence-electron chi connectivity index (χ3n) is 4.84. The molecule has 30 heavy (non-hydrogen) atoms. The van der Waals surface area contributed by atoms with Gasteiger partial charge in [-0.1, -0.05) is 72.8 Å². The quantitative estimate of drug-likeness (QED) is 0.355. The highest BCUT2D eigenvalue weighted by molar-refractivity contribution is 7.13. The van der Waals surface area contributed by atoms with Crippen molar-refractivity contribution in [1.29, 1.82) is 0 Å². The standard InChI is InChI=1S/C24H24N4OS/c29-24(26-16-15-25-23-20-13-7-8-14-21(20)30-28-23)22(19-11-5-2-6-12-19)27-17-18-9-3-1-4-10-18/h1-14,22,27H,15-17H2,(H,25,28)(H,26,29)/t22-/m0/s1.